The van der Waals surface area contributed by atoms with E-state index < -0.39 is 0 Å². The molecule has 14 heavy (non-hydrogen) atoms. The molecule has 0 amide bonds. The Balaban J connectivity index is 1.86. The van der Waals surface area contributed by atoms with Gasteiger partial charge in [0.25, 0.3) is 0 Å². The van der Waals surface area contributed by atoms with Gasteiger partial charge in [-0.05, 0) is 24.1 Å². The number of halogens is 1. The molecule has 3 atom stereocenters. The van der Waals surface area contributed by atoms with Crippen LogP contribution in [0.1, 0.15) is 18.0 Å². The molecule has 2 nitrogen and oxygen atoms in total. The fourth-order valence-electron chi connectivity index (χ4n) is 2.52. The van der Waals surface area contributed by atoms with E-state index in [4.69, 9.17) is 0 Å². The standard InChI is InChI=1S/C11H13FN2/c12-8-3-1-7(2-4-8)11-10-5-9(14-11)6-13-10/h1-4,9-11,13-14H,5-6H2. The molecule has 3 rings (SSSR count). The molecular formula is C11H13FN2. The first-order chi connectivity index (χ1) is 6.83. The van der Waals surface area contributed by atoms with E-state index in [1.807, 2.05) is 12.1 Å². The third-order valence-electron chi connectivity index (χ3n) is 3.21. The summed E-state index contributed by atoms with van der Waals surface area (Å²) in [6, 6.07) is 8.31. The van der Waals surface area contributed by atoms with Gasteiger partial charge >= 0.3 is 0 Å². The van der Waals surface area contributed by atoms with Crippen LogP contribution in [0.5, 0.6) is 0 Å². The molecule has 3 heteroatoms. The van der Waals surface area contributed by atoms with Gasteiger partial charge < -0.3 is 10.6 Å². The zero-order valence-electron chi connectivity index (χ0n) is 7.83. The van der Waals surface area contributed by atoms with E-state index in [1.165, 1.54) is 24.1 Å². The van der Waals surface area contributed by atoms with Crippen LogP contribution >= 0.6 is 0 Å². The van der Waals surface area contributed by atoms with Gasteiger partial charge in [0.1, 0.15) is 5.82 Å². The quantitative estimate of drug-likeness (QED) is 0.698. The zero-order chi connectivity index (χ0) is 9.54. The van der Waals surface area contributed by atoms with Gasteiger partial charge in [0.2, 0.25) is 0 Å². The minimum absolute atomic E-state index is 0.162. The number of fused-ring (bicyclic) bond motifs is 2. The molecule has 2 saturated heterocycles. The SMILES string of the molecule is Fc1ccc(C2NC3CNC2C3)cc1. The summed E-state index contributed by atoms with van der Waals surface area (Å²) in [5.74, 6) is -0.162. The maximum absolute atomic E-state index is 12.7. The Labute approximate surface area is 82.5 Å². The van der Waals surface area contributed by atoms with Gasteiger partial charge in [0, 0.05) is 24.7 Å². The maximum atomic E-state index is 12.7. The van der Waals surface area contributed by atoms with Crippen LogP contribution in [0, 0.1) is 5.82 Å². The second-order valence-corrected chi connectivity index (χ2v) is 4.14. The van der Waals surface area contributed by atoms with Gasteiger partial charge in [0.15, 0.2) is 0 Å². The summed E-state index contributed by atoms with van der Waals surface area (Å²) in [7, 11) is 0. The second-order valence-electron chi connectivity index (χ2n) is 4.14. The van der Waals surface area contributed by atoms with Crippen molar-refractivity contribution in [1.29, 1.82) is 0 Å². The highest BCUT2D eigenvalue weighted by Gasteiger charge is 2.39. The molecule has 2 aliphatic rings. The van der Waals surface area contributed by atoms with E-state index in [-0.39, 0.29) is 5.82 Å². The van der Waals surface area contributed by atoms with Crippen molar-refractivity contribution in [3.63, 3.8) is 0 Å². The van der Waals surface area contributed by atoms with E-state index in [9.17, 15) is 4.39 Å². The van der Waals surface area contributed by atoms with Gasteiger partial charge in [-0.2, -0.15) is 0 Å². The minimum Gasteiger partial charge on any atom is -0.310 e. The average Bonchev–Trinajstić information content (AvgIpc) is 2.80. The molecule has 0 radical (unpaired) electrons. The van der Waals surface area contributed by atoms with E-state index >= 15 is 0 Å². The molecule has 1 aromatic rings. The molecule has 2 N–H and O–H groups in total. The second kappa shape index (κ2) is 3.04. The molecule has 3 unspecified atom stereocenters. The van der Waals surface area contributed by atoms with E-state index in [0.29, 0.717) is 18.1 Å². The lowest BCUT2D eigenvalue weighted by Crippen LogP contribution is -2.42. The van der Waals surface area contributed by atoms with Crippen LogP contribution in [0.15, 0.2) is 24.3 Å². The molecule has 0 spiro atoms. The molecule has 2 heterocycles. The fourth-order valence-corrected chi connectivity index (χ4v) is 2.52. The van der Waals surface area contributed by atoms with E-state index in [1.54, 1.807) is 0 Å². The lowest BCUT2D eigenvalue weighted by molar-refractivity contribution is 0.422. The third kappa shape index (κ3) is 1.24. The van der Waals surface area contributed by atoms with Crippen LogP contribution in [-0.4, -0.2) is 18.6 Å². The van der Waals surface area contributed by atoms with Crippen LogP contribution < -0.4 is 10.6 Å². The Morgan fingerprint density at radius 3 is 2.57 bits per heavy atom. The van der Waals surface area contributed by atoms with Gasteiger partial charge in [0.05, 0.1) is 0 Å². The van der Waals surface area contributed by atoms with Crippen molar-refractivity contribution in [3.8, 4) is 0 Å². The fraction of sp³-hybridized carbons (Fsp3) is 0.455. The summed E-state index contributed by atoms with van der Waals surface area (Å²) in [6.45, 7) is 1.07. The Hall–Kier alpha value is -0.930. The highest BCUT2D eigenvalue weighted by atomic mass is 19.1. The number of hydrogen-bond donors (Lipinski definition) is 2. The average molecular weight is 192 g/mol. The van der Waals surface area contributed by atoms with Gasteiger partial charge in [-0.1, -0.05) is 12.1 Å². The van der Waals surface area contributed by atoms with Crippen molar-refractivity contribution in [2.45, 2.75) is 24.5 Å². The maximum Gasteiger partial charge on any atom is 0.123 e. The van der Waals surface area contributed by atoms with Crippen molar-refractivity contribution in [2.75, 3.05) is 6.54 Å². The first kappa shape index (κ1) is 8.38. The Bertz CT molecular complexity index is 336. The Morgan fingerprint density at radius 2 is 2.00 bits per heavy atom. The number of benzene rings is 1. The largest absolute Gasteiger partial charge is 0.310 e. The summed E-state index contributed by atoms with van der Waals surface area (Å²) in [6.07, 6.45) is 1.20. The molecule has 2 bridgehead atoms. The third-order valence-corrected chi connectivity index (χ3v) is 3.21. The molecule has 74 valence electrons. The summed E-state index contributed by atoms with van der Waals surface area (Å²) >= 11 is 0. The normalized spacial score (nSPS) is 35.1. The number of nitrogens with one attached hydrogen (secondary N) is 2. The summed E-state index contributed by atoms with van der Waals surface area (Å²) < 4.78 is 12.7. The first-order valence-electron chi connectivity index (χ1n) is 5.08. The summed E-state index contributed by atoms with van der Waals surface area (Å²) in [5, 5.41) is 7.00. The molecule has 1 aromatic carbocycles. The molecule has 2 fully saturated rings. The van der Waals surface area contributed by atoms with Gasteiger partial charge in [-0.3, -0.25) is 0 Å². The van der Waals surface area contributed by atoms with Gasteiger partial charge in [-0.25, -0.2) is 4.39 Å². The van der Waals surface area contributed by atoms with Gasteiger partial charge in [-0.15, -0.1) is 0 Å². The zero-order valence-corrected chi connectivity index (χ0v) is 7.83. The molecule has 2 aliphatic heterocycles. The van der Waals surface area contributed by atoms with Crippen molar-refractivity contribution in [1.82, 2.24) is 10.6 Å². The van der Waals surface area contributed by atoms with Crippen molar-refractivity contribution in [2.24, 2.45) is 0 Å². The number of hydrogen-bond acceptors (Lipinski definition) is 2. The highest BCUT2D eigenvalue weighted by molar-refractivity contribution is 5.24. The lowest BCUT2D eigenvalue weighted by atomic mass is 10.0. The Morgan fingerprint density at radius 1 is 1.21 bits per heavy atom. The highest BCUT2D eigenvalue weighted by Crippen LogP contribution is 2.30. The molecule has 0 saturated carbocycles. The summed E-state index contributed by atoms with van der Waals surface area (Å²) in [4.78, 5) is 0. The van der Waals surface area contributed by atoms with Crippen LogP contribution in [0.4, 0.5) is 4.39 Å². The van der Waals surface area contributed by atoms with Crippen LogP contribution in [-0.2, 0) is 0 Å². The van der Waals surface area contributed by atoms with Crippen molar-refractivity contribution >= 4 is 0 Å². The lowest BCUT2D eigenvalue weighted by Gasteiger charge is -2.24. The van der Waals surface area contributed by atoms with Crippen molar-refractivity contribution in [3.05, 3.63) is 35.6 Å². The van der Waals surface area contributed by atoms with Crippen LogP contribution in [0.3, 0.4) is 0 Å². The van der Waals surface area contributed by atoms with E-state index in [0.717, 1.165) is 6.54 Å². The molecule has 0 aliphatic carbocycles. The molecular weight excluding hydrogens is 179 g/mol. The minimum atomic E-state index is -0.162. The van der Waals surface area contributed by atoms with Crippen LogP contribution in [0.25, 0.3) is 0 Å². The number of piperazine rings is 1. The van der Waals surface area contributed by atoms with E-state index in [2.05, 4.69) is 10.6 Å². The van der Waals surface area contributed by atoms with Crippen LogP contribution in [0.2, 0.25) is 0 Å². The number of rotatable bonds is 1. The smallest absolute Gasteiger partial charge is 0.123 e. The predicted molar refractivity (Wildman–Crippen MR) is 52.5 cm³/mol. The monoisotopic (exact) mass is 192 g/mol. The predicted octanol–water partition coefficient (Wildman–Crippen LogP) is 1.20. The topological polar surface area (TPSA) is 24.1 Å². The molecule has 0 aromatic heterocycles. The first-order valence-corrected chi connectivity index (χ1v) is 5.08. The van der Waals surface area contributed by atoms with Crippen molar-refractivity contribution < 1.29 is 4.39 Å². The Kier molecular flexibility index (Phi) is 1.82. The summed E-state index contributed by atoms with van der Waals surface area (Å²) in [5.41, 5.74) is 1.19.